The first-order valence-electron chi connectivity index (χ1n) is 3.55. The van der Waals surface area contributed by atoms with E-state index in [1.807, 2.05) is 0 Å². The fraction of sp³-hybridized carbons (Fsp3) is 0.429. The molecule has 72 valence electrons. The summed E-state index contributed by atoms with van der Waals surface area (Å²) in [5.74, 6) is -2.88. The average Bonchev–Trinajstić information content (AvgIpc) is 2.02. The Bertz CT molecular complexity index is 270. The van der Waals surface area contributed by atoms with Crippen LogP contribution in [0, 0.1) is 0 Å². The zero-order chi connectivity index (χ0) is 9.90. The second kappa shape index (κ2) is 3.51. The van der Waals surface area contributed by atoms with Crippen LogP contribution in [0.5, 0.6) is 6.01 Å². The van der Waals surface area contributed by atoms with Crippen LogP contribution in [0.1, 0.15) is 6.92 Å². The quantitative estimate of drug-likeness (QED) is 0.773. The first-order valence-corrected chi connectivity index (χ1v) is 3.55. The second-order valence-electron chi connectivity index (χ2n) is 2.66. The van der Waals surface area contributed by atoms with Crippen LogP contribution in [0.25, 0.3) is 0 Å². The summed E-state index contributed by atoms with van der Waals surface area (Å²) in [6.45, 7) is 0.0151. The zero-order valence-electron chi connectivity index (χ0n) is 7.00. The number of aromatic nitrogens is 2. The van der Waals surface area contributed by atoms with Crippen LogP contribution in [-0.4, -0.2) is 22.5 Å². The van der Waals surface area contributed by atoms with Crippen molar-refractivity contribution in [2.75, 3.05) is 12.3 Å². The Morgan fingerprint density at radius 1 is 1.46 bits per heavy atom. The predicted octanol–water partition coefficient (Wildman–Crippen LogP) is 1.09. The molecule has 0 saturated carbocycles. The molecular formula is C7H9F2N3O. The fourth-order valence-electron chi connectivity index (χ4n) is 0.592. The van der Waals surface area contributed by atoms with Crippen LogP contribution in [-0.2, 0) is 0 Å². The lowest BCUT2D eigenvalue weighted by molar-refractivity contribution is -0.0256. The number of hydrogen-bond acceptors (Lipinski definition) is 4. The number of ether oxygens (including phenoxy) is 1. The summed E-state index contributed by atoms with van der Waals surface area (Å²) in [6, 6.07) is -0.101. The van der Waals surface area contributed by atoms with Crippen LogP contribution in [0.15, 0.2) is 12.4 Å². The number of anilines is 1. The van der Waals surface area contributed by atoms with Gasteiger partial charge in [-0.3, -0.25) is 0 Å². The van der Waals surface area contributed by atoms with Crippen molar-refractivity contribution in [3.8, 4) is 6.01 Å². The van der Waals surface area contributed by atoms with E-state index in [0.29, 0.717) is 5.69 Å². The van der Waals surface area contributed by atoms with Crippen LogP contribution >= 0.6 is 0 Å². The second-order valence-corrected chi connectivity index (χ2v) is 2.66. The third kappa shape index (κ3) is 3.64. The van der Waals surface area contributed by atoms with Gasteiger partial charge >= 0.3 is 6.01 Å². The van der Waals surface area contributed by atoms with Gasteiger partial charge in [-0.05, 0) is 0 Å². The van der Waals surface area contributed by atoms with Crippen LogP contribution in [0.4, 0.5) is 14.5 Å². The lowest BCUT2D eigenvalue weighted by atomic mass is 10.4. The number of halogens is 2. The maximum atomic E-state index is 12.3. The van der Waals surface area contributed by atoms with E-state index in [1.54, 1.807) is 0 Å². The van der Waals surface area contributed by atoms with Crippen molar-refractivity contribution >= 4 is 5.69 Å². The Balaban J connectivity index is 2.51. The van der Waals surface area contributed by atoms with Gasteiger partial charge in [-0.25, -0.2) is 18.7 Å². The molecule has 0 saturated heterocycles. The lowest BCUT2D eigenvalue weighted by Crippen LogP contribution is -2.21. The summed E-state index contributed by atoms with van der Waals surface area (Å²) in [5, 5.41) is 0. The van der Waals surface area contributed by atoms with Crippen molar-refractivity contribution in [1.29, 1.82) is 0 Å². The SMILES string of the molecule is CC(F)(F)COc1ncc(N)cn1. The highest BCUT2D eigenvalue weighted by Crippen LogP contribution is 2.13. The van der Waals surface area contributed by atoms with Gasteiger partial charge in [0.2, 0.25) is 0 Å². The highest BCUT2D eigenvalue weighted by atomic mass is 19.3. The minimum Gasteiger partial charge on any atom is -0.457 e. The van der Waals surface area contributed by atoms with Gasteiger partial charge in [0.1, 0.15) is 0 Å². The monoisotopic (exact) mass is 189 g/mol. The topological polar surface area (TPSA) is 61.0 Å². The molecule has 0 aliphatic rings. The van der Waals surface area contributed by atoms with Crippen LogP contribution in [0.3, 0.4) is 0 Å². The summed E-state index contributed by atoms with van der Waals surface area (Å²) < 4.78 is 29.2. The third-order valence-electron chi connectivity index (χ3n) is 1.10. The molecule has 0 radical (unpaired) electrons. The van der Waals surface area contributed by atoms with E-state index in [0.717, 1.165) is 6.92 Å². The molecule has 1 heterocycles. The number of nitrogens with two attached hydrogens (primary N) is 1. The lowest BCUT2D eigenvalue weighted by Gasteiger charge is -2.09. The van der Waals surface area contributed by atoms with Crippen molar-refractivity contribution in [3.63, 3.8) is 0 Å². The zero-order valence-corrected chi connectivity index (χ0v) is 7.00. The molecule has 1 aromatic heterocycles. The molecular weight excluding hydrogens is 180 g/mol. The first kappa shape index (κ1) is 9.63. The summed E-state index contributed by atoms with van der Waals surface area (Å²) in [4.78, 5) is 7.18. The van der Waals surface area contributed by atoms with Gasteiger partial charge in [-0.15, -0.1) is 0 Å². The Morgan fingerprint density at radius 2 is 2.00 bits per heavy atom. The number of nitrogen functional groups attached to an aromatic ring is 1. The van der Waals surface area contributed by atoms with Crippen molar-refractivity contribution < 1.29 is 13.5 Å². The molecule has 1 rings (SSSR count). The molecule has 0 aliphatic carbocycles. The average molecular weight is 189 g/mol. The van der Waals surface area contributed by atoms with E-state index in [9.17, 15) is 8.78 Å². The fourth-order valence-corrected chi connectivity index (χ4v) is 0.592. The number of alkyl halides is 2. The molecule has 13 heavy (non-hydrogen) atoms. The largest absolute Gasteiger partial charge is 0.457 e. The summed E-state index contributed by atoms with van der Waals surface area (Å²) in [7, 11) is 0. The molecule has 4 nitrogen and oxygen atoms in total. The van der Waals surface area contributed by atoms with E-state index in [4.69, 9.17) is 5.73 Å². The molecule has 2 N–H and O–H groups in total. The molecule has 0 spiro atoms. The Hall–Kier alpha value is -1.46. The summed E-state index contributed by atoms with van der Waals surface area (Å²) in [6.07, 6.45) is 2.58. The molecule has 0 unspecified atom stereocenters. The standard InChI is InChI=1S/C7H9F2N3O/c1-7(8,9)4-13-6-11-2-5(10)3-12-6/h2-3H,4,10H2,1H3. The maximum absolute atomic E-state index is 12.3. The molecule has 6 heteroatoms. The predicted molar refractivity (Wildman–Crippen MR) is 42.6 cm³/mol. The van der Waals surface area contributed by atoms with E-state index in [1.165, 1.54) is 12.4 Å². The van der Waals surface area contributed by atoms with Gasteiger partial charge in [0.05, 0.1) is 18.1 Å². The van der Waals surface area contributed by atoms with Gasteiger partial charge < -0.3 is 10.5 Å². The number of hydrogen-bond donors (Lipinski definition) is 1. The van der Waals surface area contributed by atoms with Crippen LogP contribution in [0.2, 0.25) is 0 Å². The molecule has 0 atom stereocenters. The summed E-state index contributed by atoms with van der Waals surface area (Å²) >= 11 is 0. The van der Waals surface area contributed by atoms with Gasteiger partial charge in [-0.2, -0.15) is 0 Å². The molecule has 1 aromatic rings. The van der Waals surface area contributed by atoms with Gasteiger partial charge in [-0.1, -0.05) is 0 Å². The highest BCUT2D eigenvalue weighted by molar-refractivity contribution is 5.30. The van der Waals surface area contributed by atoms with Crippen molar-refractivity contribution in [1.82, 2.24) is 9.97 Å². The van der Waals surface area contributed by atoms with Crippen molar-refractivity contribution in [3.05, 3.63) is 12.4 Å². The van der Waals surface area contributed by atoms with E-state index < -0.39 is 12.5 Å². The minimum absolute atomic E-state index is 0.101. The molecule has 0 fully saturated rings. The van der Waals surface area contributed by atoms with Crippen LogP contribution < -0.4 is 10.5 Å². The van der Waals surface area contributed by atoms with Crippen molar-refractivity contribution in [2.45, 2.75) is 12.8 Å². The Kier molecular flexibility index (Phi) is 2.60. The molecule has 0 aliphatic heterocycles. The van der Waals surface area contributed by atoms with E-state index in [-0.39, 0.29) is 6.01 Å². The first-order chi connectivity index (χ1) is 5.97. The van der Waals surface area contributed by atoms with Gasteiger partial charge in [0.25, 0.3) is 5.92 Å². The van der Waals surface area contributed by atoms with Gasteiger partial charge in [0.15, 0.2) is 6.61 Å². The van der Waals surface area contributed by atoms with E-state index in [2.05, 4.69) is 14.7 Å². The van der Waals surface area contributed by atoms with E-state index >= 15 is 0 Å². The highest BCUT2D eigenvalue weighted by Gasteiger charge is 2.22. The Labute approximate surface area is 73.8 Å². The molecule has 0 aromatic carbocycles. The Morgan fingerprint density at radius 3 is 2.46 bits per heavy atom. The maximum Gasteiger partial charge on any atom is 0.316 e. The van der Waals surface area contributed by atoms with Crippen molar-refractivity contribution in [2.24, 2.45) is 0 Å². The smallest absolute Gasteiger partial charge is 0.316 e. The van der Waals surface area contributed by atoms with Gasteiger partial charge in [0, 0.05) is 6.92 Å². The third-order valence-corrected chi connectivity index (χ3v) is 1.10. The summed E-state index contributed by atoms with van der Waals surface area (Å²) in [5.41, 5.74) is 5.64. The minimum atomic E-state index is -2.88. The number of rotatable bonds is 3. The molecule has 0 bridgehead atoms. The molecule has 0 amide bonds. The number of nitrogens with zero attached hydrogens (tertiary/aromatic N) is 2. The normalized spacial score (nSPS) is 11.3.